The number of esters is 1. The summed E-state index contributed by atoms with van der Waals surface area (Å²) in [5.74, 6) is -1.20. The number of methoxy groups -OCH3 is 1. The summed E-state index contributed by atoms with van der Waals surface area (Å²) in [5, 5.41) is 10.7. The Hall–Kier alpha value is -2.32. The smallest absolute Gasteiger partial charge is 0.334 e. The van der Waals surface area contributed by atoms with E-state index in [4.69, 9.17) is 18.9 Å². The van der Waals surface area contributed by atoms with Crippen LogP contribution < -0.4 is 0 Å². The zero-order valence-corrected chi connectivity index (χ0v) is 23.0. The molecule has 0 saturated carbocycles. The molecule has 3 aliphatic heterocycles. The molecule has 0 spiro atoms. The van der Waals surface area contributed by atoms with E-state index in [2.05, 4.69) is 0 Å². The van der Waals surface area contributed by atoms with Crippen molar-refractivity contribution in [2.75, 3.05) is 7.11 Å². The third-order valence-electron chi connectivity index (χ3n) is 7.48. The first-order chi connectivity index (χ1) is 17.5. The number of Topliss-reactive ketones (excluding diaryl/α,β-unsaturated/α-hetero) is 1. The van der Waals surface area contributed by atoms with Gasteiger partial charge in [-0.05, 0) is 51.3 Å². The number of epoxide rings is 1. The molecule has 0 aliphatic carbocycles. The zero-order valence-electron chi connectivity index (χ0n) is 23.0. The fourth-order valence-electron chi connectivity index (χ4n) is 4.73. The van der Waals surface area contributed by atoms with Gasteiger partial charge < -0.3 is 24.1 Å². The Morgan fingerprint density at radius 1 is 1.00 bits per heavy atom. The molecule has 2 fully saturated rings. The van der Waals surface area contributed by atoms with Crippen molar-refractivity contribution in [2.45, 2.75) is 97.1 Å². The second kappa shape index (κ2) is 13.0. The largest absolute Gasteiger partial charge is 0.454 e. The van der Waals surface area contributed by atoms with Crippen LogP contribution in [0, 0.1) is 11.8 Å². The first kappa shape index (κ1) is 29.2. The standard InChI is InChI=1S/C30H42O7/c1-17-10-8-9-11-23(31)18(2)15-28-27(34-7)16-26(36-28)21(5)24(12-13-25-22(6)35-25)37-30(33)20(4)14-19(3)29(17)32/h8-10,12-15,19,21-28,31H,11,16H2,1-7H3. The number of hydrogen-bond donors (Lipinski definition) is 1. The van der Waals surface area contributed by atoms with Gasteiger partial charge in [0.05, 0.1) is 24.4 Å². The van der Waals surface area contributed by atoms with E-state index in [1.165, 1.54) is 0 Å². The molecule has 0 amide bonds. The Morgan fingerprint density at radius 3 is 2.32 bits per heavy atom. The number of fused-ring (bicyclic) bond motifs is 2. The number of carbonyl (C=O) groups is 2. The van der Waals surface area contributed by atoms with Gasteiger partial charge in [-0.1, -0.05) is 50.3 Å². The number of allylic oxidation sites excluding steroid dienone is 4. The summed E-state index contributed by atoms with van der Waals surface area (Å²) in [6, 6.07) is 0. The highest BCUT2D eigenvalue weighted by Gasteiger charge is 2.41. The molecule has 1 N–H and O–H groups in total. The van der Waals surface area contributed by atoms with Gasteiger partial charge in [0.25, 0.3) is 0 Å². The molecule has 9 atom stereocenters. The van der Waals surface area contributed by atoms with Crippen molar-refractivity contribution in [1.82, 2.24) is 0 Å². The second-order valence-corrected chi connectivity index (χ2v) is 10.5. The van der Waals surface area contributed by atoms with Crippen LogP contribution in [0.4, 0.5) is 0 Å². The minimum Gasteiger partial charge on any atom is -0.454 e. The van der Waals surface area contributed by atoms with E-state index in [1.807, 2.05) is 45.1 Å². The van der Waals surface area contributed by atoms with Gasteiger partial charge in [0, 0.05) is 30.9 Å². The number of rotatable bonds is 3. The Bertz CT molecular complexity index is 988. The van der Waals surface area contributed by atoms with Gasteiger partial charge in [-0.2, -0.15) is 0 Å². The summed E-state index contributed by atoms with van der Waals surface area (Å²) >= 11 is 0. The molecule has 3 aliphatic rings. The average molecular weight is 515 g/mol. The van der Waals surface area contributed by atoms with Crippen LogP contribution in [0.25, 0.3) is 0 Å². The first-order valence-electron chi connectivity index (χ1n) is 13.2. The zero-order chi connectivity index (χ0) is 27.3. The molecular weight excluding hydrogens is 472 g/mol. The van der Waals surface area contributed by atoms with Crippen LogP contribution in [0.1, 0.15) is 54.4 Å². The Labute approximate surface area is 220 Å². The first-order valence-corrected chi connectivity index (χ1v) is 13.2. The average Bonchev–Trinajstić information content (AvgIpc) is 3.42. The number of aliphatic hydroxyl groups excluding tert-OH is 1. The van der Waals surface area contributed by atoms with Crippen molar-refractivity contribution in [3.05, 3.63) is 59.3 Å². The van der Waals surface area contributed by atoms with Crippen molar-refractivity contribution < 1.29 is 33.6 Å². The highest BCUT2D eigenvalue weighted by atomic mass is 16.6. The van der Waals surface area contributed by atoms with Gasteiger partial charge >= 0.3 is 5.97 Å². The minimum absolute atomic E-state index is 0.0107. The van der Waals surface area contributed by atoms with E-state index < -0.39 is 24.1 Å². The van der Waals surface area contributed by atoms with Gasteiger partial charge in [0.1, 0.15) is 18.3 Å². The van der Waals surface area contributed by atoms with Gasteiger partial charge in [0.15, 0.2) is 5.78 Å². The van der Waals surface area contributed by atoms with E-state index >= 15 is 0 Å². The summed E-state index contributed by atoms with van der Waals surface area (Å²) in [4.78, 5) is 25.9. The summed E-state index contributed by atoms with van der Waals surface area (Å²) in [6.45, 7) is 11.0. The number of carbonyl (C=O) groups excluding carboxylic acids is 2. The number of hydrogen-bond acceptors (Lipinski definition) is 7. The monoisotopic (exact) mass is 514 g/mol. The Balaban J connectivity index is 1.94. The number of ether oxygens (including phenoxy) is 4. The van der Waals surface area contributed by atoms with Crippen molar-refractivity contribution in [3.8, 4) is 0 Å². The van der Waals surface area contributed by atoms with Crippen LogP contribution in [0.3, 0.4) is 0 Å². The van der Waals surface area contributed by atoms with E-state index in [0.29, 0.717) is 24.0 Å². The molecule has 204 valence electrons. The molecular formula is C30H42O7. The van der Waals surface area contributed by atoms with Crippen LogP contribution >= 0.6 is 0 Å². The predicted octanol–water partition coefficient (Wildman–Crippen LogP) is 4.42. The molecule has 0 aromatic rings. The molecule has 7 nitrogen and oxygen atoms in total. The van der Waals surface area contributed by atoms with Crippen molar-refractivity contribution in [2.24, 2.45) is 11.8 Å². The third kappa shape index (κ3) is 7.84. The maximum atomic E-state index is 13.1. The van der Waals surface area contributed by atoms with E-state index in [9.17, 15) is 14.7 Å². The molecule has 7 heteroatoms. The SMILES string of the molecule is COC1CC2OC1C=C(C)C(O)CC=CC=C(C)C(=O)C(C)C=C(C)C(=O)OC(C=CC1OC1C)C2C. The molecule has 0 aromatic carbocycles. The van der Waals surface area contributed by atoms with Gasteiger partial charge in [-0.3, -0.25) is 4.79 Å². The third-order valence-corrected chi connectivity index (χ3v) is 7.48. The van der Waals surface area contributed by atoms with Gasteiger partial charge in [-0.15, -0.1) is 0 Å². The lowest BCUT2D eigenvalue weighted by atomic mass is 9.93. The number of aliphatic hydroxyl groups is 1. The van der Waals surface area contributed by atoms with Crippen molar-refractivity contribution in [3.63, 3.8) is 0 Å². The quantitative estimate of drug-likeness (QED) is 0.339. The highest BCUT2D eigenvalue weighted by molar-refractivity contribution is 5.99. The fourth-order valence-corrected chi connectivity index (χ4v) is 4.73. The molecule has 2 saturated heterocycles. The maximum Gasteiger partial charge on any atom is 0.334 e. The lowest BCUT2D eigenvalue weighted by Gasteiger charge is -2.26. The molecule has 2 bridgehead atoms. The normalized spacial score (nSPS) is 38.3. The molecule has 0 radical (unpaired) electrons. The molecule has 3 heterocycles. The van der Waals surface area contributed by atoms with Crippen LogP contribution in [0.15, 0.2) is 59.3 Å². The minimum atomic E-state index is -0.679. The summed E-state index contributed by atoms with van der Waals surface area (Å²) < 4.78 is 23.6. The predicted molar refractivity (Wildman–Crippen MR) is 142 cm³/mol. The van der Waals surface area contributed by atoms with Crippen molar-refractivity contribution in [1.29, 1.82) is 0 Å². The van der Waals surface area contributed by atoms with E-state index in [-0.39, 0.29) is 42.2 Å². The highest BCUT2D eigenvalue weighted by Crippen LogP contribution is 2.33. The van der Waals surface area contributed by atoms with Crippen LogP contribution in [0.5, 0.6) is 0 Å². The Kier molecular flexibility index (Phi) is 10.2. The second-order valence-electron chi connectivity index (χ2n) is 10.5. The maximum absolute atomic E-state index is 13.1. The molecule has 37 heavy (non-hydrogen) atoms. The summed E-state index contributed by atoms with van der Waals surface area (Å²) in [6.07, 6.45) is 12.0. The molecule has 3 rings (SSSR count). The van der Waals surface area contributed by atoms with Gasteiger partial charge in [-0.25, -0.2) is 4.79 Å². The number of ketones is 1. The Morgan fingerprint density at radius 2 is 1.68 bits per heavy atom. The van der Waals surface area contributed by atoms with E-state index in [0.717, 1.165) is 5.57 Å². The number of cyclic esters (lactones) is 1. The molecule has 0 aromatic heterocycles. The van der Waals surface area contributed by atoms with Crippen LogP contribution in [-0.4, -0.2) is 66.7 Å². The van der Waals surface area contributed by atoms with Crippen molar-refractivity contribution >= 4 is 11.8 Å². The van der Waals surface area contributed by atoms with E-state index in [1.54, 1.807) is 46.1 Å². The van der Waals surface area contributed by atoms with Crippen LogP contribution in [0.2, 0.25) is 0 Å². The van der Waals surface area contributed by atoms with Crippen LogP contribution in [-0.2, 0) is 28.5 Å². The topological polar surface area (TPSA) is 94.6 Å². The lowest BCUT2D eigenvalue weighted by Crippen LogP contribution is -2.33. The summed E-state index contributed by atoms with van der Waals surface area (Å²) in [7, 11) is 1.66. The van der Waals surface area contributed by atoms with Gasteiger partial charge in [0.2, 0.25) is 0 Å². The lowest BCUT2D eigenvalue weighted by molar-refractivity contribution is -0.146. The summed E-state index contributed by atoms with van der Waals surface area (Å²) in [5.41, 5.74) is 1.74. The molecule has 9 unspecified atom stereocenters. The fraction of sp³-hybridized carbons (Fsp3) is 0.600.